The normalized spacial score (nSPS) is 16.0. The fourth-order valence-electron chi connectivity index (χ4n) is 2.92. The molecule has 2 aromatic rings. The standard InChI is InChI=1S/C19H20ClN3O3S/c20-18-6-1-2-7-19(18)26-13-12-22-8-10-23(11-9-22)27(24,25)17-5-3-4-16(14-17)15-21/h1-7,14H,8-13H2. The van der Waals surface area contributed by atoms with Gasteiger partial charge in [0, 0.05) is 32.7 Å². The summed E-state index contributed by atoms with van der Waals surface area (Å²) in [6.45, 7) is 3.26. The first-order chi connectivity index (χ1) is 13.0. The van der Waals surface area contributed by atoms with E-state index in [1.807, 2.05) is 24.3 Å². The van der Waals surface area contributed by atoms with Crippen LogP contribution in [0, 0.1) is 11.3 Å². The molecule has 142 valence electrons. The van der Waals surface area contributed by atoms with Gasteiger partial charge in [-0.3, -0.25) is 4.90 Å². The van der Waals surface area contributed by atoms with E-state index >= 15 is 0 Å². The second kappa shape index (κ2) is 8.72. The second-order valence-corrected chi connectivity index (χ2v) is 8.51. The molecule has 1 heterocycles. The van der Waals surface area contributed by atoms with Crippen LogP contribution in [0.15, 0.2) is 53.4 Å². The lowest BCUT2D eigenvalue weighted by Crippen LogP contribution is -2.49. The van der Waals surface area contributed by atoms with Crippen molar-refractivity contribution in [3.05, 3.63) is 59.1 Å². The number of hydrogen-bond acceptors (Lipinski definition) is 5. The van der Waals surface area contributed by atoms with E-state index in [4.69, 9.17) is 21.6 Å². The summed E-state index contributed by atoms with van der Waals surface area (Å²) < 4.78 is 32.7. The van der Waals surface area contributed by atoms with E-state index in [2.05, 4.69) is 4.90 Å². The largest absolute Gasteiger partial charge is 0.491 e. The van der Waals surface area contributed by atoms with Gasteiger partial charge in [0.25, 0.3) is 0 Å². The number of nitrogens with zero attached hydrogens (tertiary/aromatic N) is 3. The van der Waals surface area contributed by atoms with E-state index in [0.717, 1.165) is 0 Å². The Balaban J connectivity index is 1.52. The molecule has 0 bridgehead atoms. The van der Waals surface area contributed by atoms with Crippen LogP contribution >= 0.6 is 11.6 Å². The number of halogens is 1. The van der Waals surface area contributed by atoms with Crippen molar-refractivity contribution in [1.82, 2.24) is 9.21 Å². The quantitative estimate of drug-likeness (QED) is 0.738. The van der Waals surface area contributed by atoms with Crippen LogP contribution in [0.4, 0.5) is 0 Å². The zero-order chi connectivity index (χ0) is 19.3. The lowest BCUT2D eigenvalue weighted by atomic mass is 10.2. The van der Waals surface area contributed by atoms with Gasteiger partial charge in [0.2, 0.25) is 10.0 Å². The third kappa shape index (κ3) is 4.79. The van der Waals surface area contributed by atoms with E-state index in [-0.39, 0.29) is 4.90 Å². The molecule has 0 radical (unpaired) electrons. The van der Waals surface area contributed by atoms with Gasteiger partial charge in [-0.25, -0.2) is 8.42 Å². The van der Waals surface area contributed by atoms with Gasteiger partial charge >= 0.3 is 0 Å². The highest BCUT2D eigenvalue weighted by atomic mass is 35.5. The minimum absolute atomic E-state index is 0.164. The summed E-state index contributed by atoms with van der Waals surface area (Å²) in [6.07, 6.45) is 0. The van der Waals surface area contributed by atoms with Crippen molar-refractivity contribution in [2.24, 2.45) is 0 Å². The van der Waals surface area contributed by atoms with Crippen LogP contribution in [0.1, 0.15) is 5.56 Å². The average molecular weight is 406 g/mol. The van der Waals surface area contributed by atoms with Gasteiger partial charge in [-0.1, -0.05) is 29.8 Å². The zero-order valence-corrected chi connectivity index (χ0v) is 16.3. The Labute approximate surface area is 164 Å². The molecule has 0 spiro atoms. The van der Waals surface area contributed by atoms with E-state index < -0.39 is 10.0 Å². The van der Waals surface area contributed by atoms with Crippen LogP contribution in [-0.4, -0.2) is 57.0 Å². The number of para-hydroxylation sites is 1. The highest BCUT2D eigenvalue weighted by Crippen LogP contribution is 2.23. The maximum absolute atomic E-state index is 12.8. The maximum Gasteiger partial charge on any atom is 0.243 e. The van der Waals surface area contributed by atoms with Gasteiger partial charge in [-0.2, -0.15) is 9.57 Å². The first-order valence-corrected chi connectivity index (χ1v) is 10.4. The Morgan fingerprint density at radius 1 is 1.07 bits per heavy atom. The molecule has 0 aromatic heterocycles. The first-order valence-electron chi connectivity index (χ1n) is 8.61. The molecule has 1 aliphatic heterocycles. The fraction of sp³-hybridized carbons (Fsp3) is 0.316. The summed E-state index contributed by atoms with van der Waals surface area (Å²) in [6, 6.07) is 15.4. The molecule has 0 saturated carbocycles. The number of hydrogen-bond donors (Lipinski definition) is 0. The summed E-state index contributed by atoms with van der Waals surface area (Å²) >= 11 is 6.06. The van der Waals surface area contributed by atoms with E-state index in [1.54, 1.807) is 18.2 Å². The molecule has 2 aromatic carbocycles. The molecular weight excluding hydrogens is 386 g/mol. The zero-order valence-electron chi connectivity index (χ0n) is 14.7. The van der Waals surface area contributed by atoms with Crippen molar-refractivity contribution in [3.8, 4) is 11.8 Å². The molecular formula is C19H20ClN3O3S. The SMILES string of the molecule is N#Cc1cccc(S(=O)(=O)N2CCN(CCOc3ccccc3Cl)CC2)c1. The fourth-order valence-corrected chi connectivity index (χ4v) is 4.57. The molecule has 0 amide bonds. The van der Waals surface area contributed by atoms with Gasteiger partial charge in [0.05, 0.1) is 21.6 Å². The Morgan fingerprint density at radius 3 is 2.52 bits per heavy atom. The molecule has 8 heteroatoms. The summed E-state index contributed by atoms with van der Waals surface area (Å²) in [5.41, 5.74) is 0.339. The van der Waals surface area contributed by atoms with Crippen molar-refractivity contribution < 1.29 is 13.2 Å². The summed E-state index contributed by atoms with van der Waals surface area (Å²) in [5, 5.41) is 9.55. The van der Waals surface area contributed by atoms with Gasteiger partial charge in [-0.15, -0.1) is 0 Å². The predicted molar refractivity (Wildman–Crippen MR) is 103 cm³/mol. The number of ether oxygens (including phenoxy) is 1. The lowest BCUT2D eigenvalue weighted by molar-refractivity contribution is 0.159. The lowest BCUT2D eigenvalue weighted by Gasteiger charge is -2.33. The topological polar surface area (TPSA) is 73.6 Å². The Bertz CT molecular complexity index is 935. The predicted octanol–water partition coefficient (Wildman–Crippen LogP) is 2.60. The first kappa shape index (κ1) is 19.6. The maximum atomic E-state index is 12.8. The van der Waals surface area contributed by atoms with Crippen LogP contribution in [0.2, 0.25) is 5.02 Å². The number of nitriles is 1. The Kier molecular flexibility index (Phi) is 6.34. The molecule has 0 atom stereocenters. The van der Waals surface area contributed by atoms with Crippen LogP contribution in [-0.2, 0) is 10.0 Å². The van der Waals surface area contributed by atoms with Gasteiger partial charge in [0.15, 0.2) is 0 Å². The number of rotatable bonds is 6. The molecule has 27 heavy (non-hydrogen) atoms. The number of piperazine rings is 1. The minimum Gasteiger partial charge on any atom is -0.491 e. The minimum atomic E-state index is -3.58. The monoisotopic (exact) mass is 405 g/mol. The van der Waals surface area contributed by atoms with Gasteiger partial charge < -0.3 is 4.74 Å². The molecule has 3 rings (SSSR count). The van der Waals surface area contributed by atoms with Crippen molar-refractivity contribution in [1.29, 1.82) is 5.26 Å². The summed E-state index contributed by atoms with van der Waals surface area (Å²) in [4.78, 5) is 2.33. The highest BCUT2D eigenvalue weighted by molar-refractivity contribution is 7.89. The number of sulfonamides is 1. The third-order valence-electron chi connectivity index (χ3n) is 4.43. The number of benzene rings is 2. The average Bonchev–Trinajstić information content (AvgIpc) is 2.70. The molecule has 0 unspecified atom stereocenters. The molecule has 6 nitrogen and oxygen atoms in total. The third-order valence-corrected chi connectivity index (χ3v) is 6.64. The van der Waals surface area contributed by atoms with E-state index in [9.17, 15) is 8.42 Å². The van der Waals surface area contributed by atoms with Crippen LogP contribution < -0.4 is 4.74 Å². The van der Waals surface area contributed by atoms with Crippen molar-refractivity contribution in [3.63, 3.8) is 0 Å². The van der Waals surface area contributed by atoms with Crippen LogP contribution in [0.5, 0.6) is 5.75 Å². The smallest absolute Gasteiger partial charge is 0.243 e. The Hall–Kier alpha value is -2.11. The van der Waals surface area contributed by atoms with Crippen molar-refractivity contribution in [2.45, 2.75) is 4.90 Å². The molecule has 1 saturated heterocycles. The van der Waals surface area contributed by atoms with Crippen molar-refractivity contribution in [2.75, 3.05) is 39.3 Å². The van der Waals surface area contributed by atoms with E-state index in [0.29, 0.717) is 55.7 Å². The molecule has 0 aliphatic carbocycles. The van der Waals surface area contributed by atoms with Crippen molar-refractivity contribution >= 4 is 21.6 Å². The van der Waals surface area contributed by atoms with Crippen LogP contribution in [0.25, 0.3) is 0 Å². The van der Waals surface area contributed by atoms with E-state index in [1.165, 1.54) is 16.4 Å². The molecule has 0 N–H and O–H groups in total. The second-order valence-electron chi connectivity index (χ2n) is 6.16. The summed E-state index contributed by atoms with van der Waals surface area (Å²) in [5.74, 6) is 0.651. The molecule has 1 fully saturated rings. The van der Waals surface area contributed by atoms with Gasteiger partial charge in [0.1, 0.15) is 12.4 Å². The Morgan fingerprint density at radius 2 is 1.81 bits per heavy atom. The van der Waals surface area contributed by atoms with Gasteiger partial charge in [-0.05, 0) is 30.3 Å². The summed E-state index contributed by atoms with van der Waals surface area (Å²) in [7, 11) is -3.58. The highest BCUT2D eigenvalue weighted by Gasteiger charge is 2.28. The molecule has 1 aliphatic rings. The van der Waals surface area contributed by atoms with Crippen LogP contribution in [0.3, 0.4) is 0 Å².